The summed E-state index contributed by atoms with van der Waals surface area (Å²) in [6.45, 7) is 0. The fourth-order valence-corrected chi connectivity index (χ4v) is 1.00. The smallest absolute Gasteiger partial charge is 0.206 e. The summed E-state index contributed by atoms with van der Waals surface area (Å²) in [4.78, 5) is 0. The van der Waals surface area contributed by atoms with Gasteiger partial charge >= 0.3 is 0 Å². The van der Waals surface area contributed by atoms with Crippen LogP contribution in [-0.2, 0) is 0 Å². The number of anilines is 1. The number of aromatic hydroxyl groups is 1. The van der Waals surface area contributed by atoms with Crippen molar-refractivity contribution in [2.24, 2.45) is 0 Å². The summed E-state index contributed by atoms with van der Waals surface area (Å²) in [5.41, 5.74) is 4.71. The zero-order chi connectivity index (χ0) is 10.2. The normalized spacial score (nSPS) is 10.2. The first-order valence-electron chi connectivity index (χ1n) is 3.19. The molecule has 13 heavy (non-hydrogen) atoms. The lowest BCUT2D eigenvalue weighted by molar-refractivity contribution is 0.341. The van der Waals surface area contributed by atoms with Crippen molar-refractivity contribution >= 4 is 17.3 Å². The average Bonchev–Trinajstić information content (AvgIpc) is 2.13. The van der Waals surface area contributed by atoms with Gasteiger partial charge < -0.3 is 15.6 Å². The van der Waals surface area contributed by atoms with Crippen LogP contribution in [0.25, 0.3) is 0 Å². The number of hydrogen-bond donors (Lipinski definition) is 2. The Morgan fingerprint density at radius 1 is 1.38 bits per heavy atom. The van der Waals surface area contributed by atoms with Crippen molar-refractivity contribution in [1.29, 1.82) is 0 Å². The van der Waals surface area contributed by atoms with Gasteiger partial charge in [-0.15, -0.1) is 0 Å². The molecule has 0 aliphatic rings. The lowest BCUT2D eigenvalue weighted by Crippen LogP contribution is -1.98. The van der Waals surface area contributed by atoms with Gasteiger partial charge in [0.1, 0.15) is 10.7 Å². The van der Waals surface area contributed by atoms with Gasteiger partial charge in [-0.25, -0.2) is 4.39 Å². The Balaban J connectivity index is 3.56. The van der Waals surface area contributed by atoms with Gasteiger partial charge in [-0.3, -0.25) is 0 Å². The molecule has 0 heterocycles. The predicted molar refractivity (Wildman–Crippen MR) is 44.0 cm³/mol. The maximum Gasteiger partial charge on any atom is 0.206 e. The van der Waals surface area contributed by atoms with Gasteiger partial charge in [0.25, 0.3) is 0 Å². The van der Waals surface area contributed by atoms with E-state index >= 15 is 0 Å². The standard InChI is InChI=1S/C7H6ClF2NO2/c1-13-7-4(10)3(9)2(8)5(11)6(7)12/h12H,11H2,1H3. The fourth-order valence-electron chi connectivity index (χ4n) is 0.831. The van der Waals surface area contributed by atoms with E-state index < -0.39 is 33.8 Å². The Kier molecular flexibility index (Phi) is 2.47. The van der Waals surface area contributed by atoms with Crippen LogP contribution in [0.4, 0.5) is 14.5 Å². The number of phenolic OH excluding ortho intramolecular Hbond substituents is 1. The molecule has 3 N–H and O–H groups in total. The number of phenols is 1. The highest BCUT2D eigenvalue weighted by atomic mass is 35.5. The number of nitrogen functional groups attached to an aromatic ring is 1. The molecule has 72 valence electrons. The molecule has 3 nitrogen and oxygen atoms in total. The largest absolute Gasteiger partial charge is 0.503 e. The summed E-state index contributed by atoms with van der Waals surface area (Å²) >= 11 is 5.26. The van der Waals surface area contributed by atoms with Gasteiger partial charge in [0, 0.05) is 0 Å². The molecule has 6 heteroatoms. The van der Waals surface area contributed by atoms with Crippen molar-refractivity contribution in [3.8, 4) is 11.5 Å². The first-order valence-corrected chi connectivity index (χ1v) is 3.57. The minimum absolute atomic E-state index is 0.447. The van der Waals surface area contributed by atoms with Crippen LogP contribution in [0.1, 0.15) is 0 Å². The third-order valence-corrected chi connectivity index (χ3v) is 1.87. The van der Waals surface area contributed by atoms with Crippen LogP contribution in [0.2, 0.25) is 5.02 Å². The van der Waals surface area contributed by atoms with Crippen LogP contribution in [0.5, 0.6) is 11.5 Å². The van der Waals surface area contributed by atoms with Crippen molar-refractivity contribution in [3.05, 3.63) is 16.7 Å². The van der Waals surface area contributed by atoms with Gasteiger partial charge in [-0.05, 0) is 0 Å². The molecule has 0 fully saturated rings. The Morgan fingerprint density at radius 3 is 2.38 bits per heavy atom. The molecule has 0 aliphatic heterocycles. The summed E-state index contributed by atoms with van der Waals surface area (Å²) in [6.07, 6.45) is 0. The highest BCUT2D eigenvalue weighted by Crippen LogP contribution is 2.41. The molecule has 0 aliphatic carbocycles. The number of rotatable bonds is 1. The molecule has 1 aromatic rings. The van der Waals surface area contributed by atoms with Gasteiger partial charge in [-0.1, -0.05) is 11.6 Å². The molecule has 0 atom stereocenters. The van der Waals surface area contributed by atoms with Gasteiger partial charge in [0.15, 0.2) is 11.6 Å². The minimum atomic E-state index is -1.36. The summed E-state index contributed by atoms with van der Waals surface area (Å²) in [5, 5.41) is 8.49. The molecule has 0 aromatic heterocycles. The van der Waals surface area contributed by atoms with Crippen LogP contribution in [0, 0.1) is 11.6 Å². The summed E-state index contributed by atoms with van der Waals surface area (Å²) in [6, 6.07) is 0. The average molecular weight is 210 g/mol. The second-order valence-electron chi connectivity index (χ2n) is 2.24. The van der Waals surface area contributed by atoms with E-state index in [0.717, 1.165) is 7.11 Å². The molecule has 0 spiro atoms. The van der Waals surface area contributed by atoms with Crippen molar-refractivity contribution in [2.75, 3.05) is 12.8 Å². The maximum absolute atomic E-state index is 12.9. The zero-order valence-corrected chi connectivity index (χ0v) is 7.32. The molecule has 1 rings (SSSR count). The number of ether oxygens (including phenoxy) is 1. The van der Waals surface area contributed by atoms with E-state index in [2.05, 4.69) is 4.74 Å². The third-order valence-electron chi connectivity index (χ3n) is 1.50. The highest BCUT2D eigenvalue weighted by molar-refractivity contribution is 6.33. The van der Waals surface area contributed by atoms with Crippen LogP contribution in [0.15, 0.2) is 0 Å². The molecule has 0 saturated heterocycles. The minimum Gasteiger partial charge on any atom is -0.503 e. The Labute approximate surface area is 77.7 Å². The number of methoxy groups -OCH3 is 1. The number of hydrogen-bond acceptors (Lipinski definition) is 3. The van der Waals surface area contributed by atoms with E-state index in [9.17, 15) is 8.78 Å². The topological polar surface area (TPSA) is 55.5 Å². The van der Waals surface area contributed by atoms with E-state index in [1.165, 1.54) is 0 Å². The molecular weight excluding hydrogens is 204 g/mol. The maximum atomic E-state index is 12.9. The number of halogens is 3. The van der Waals surface area contributed by atoms with Crippen molar-refractivity contribution in [3.63, 3.8) is 0 Å². The third kappa shape index (κ3) is 1.35. The lowest BCUT2D eigenvalue weighted by Gasteiger charge is -2.09. The molecule has 0 radical (unpaired) electrons. The quantitative estimate of drug-likeness (QED) is 0.422. The molecule has 0 bridgehead atoms. The van der Waals surface area contributed by atoms with E-state index in [4.69, 9.17) is 22.4 Å². The number of nitrogens with two attached hydrogens (primary N) is 1. The second-order valence-corrected chi connectivity index (χ2v) is 2.62. The first kappa shape index (κ1) is 9.85. The Hall–Kier alpha value is -1.23. The van der Waals surface area contributed by atoms with Crippen LogP contribution >= 0.6 is 11.6 Å². The van der Waals surface area contributed by atoms with E-state index in [0.29, 0.717) is 0 Å². The number of benzene rings is 1. The first-order chi connectivity index (χ1) is 6.00. The summed E-state index contributed by atoms with van der Waals surface area (Å²) in [5.74, 6) is -4.06. The van der Waals surface area contributed by atoms with E-state index in [1.807, 2.05) is 0 Å². The lowest BCUT2D eigenvalue weighted by atomic mass is 10.2. The molecule has 0 saturated carbocycles. The highest BCUT2D eigenvalue weighted by Gasteiger charge is 2.22. The van der Waals surface area contributed by atoms with E-state index in [1.54, 1.807) is 0 Å². The predicted octanol–water partition coefficient (Wildman–Crippen LogP) is 1.91. The molecular formula is C7H6ClF2NO2. The SMILES string of the molecule is COc1c(O)c(N)c(Cl)c(F)c1F. The summed E-state index contributed by atoms with van der Waals surface area (Å²) < 4.78 is 30.1. The van der Waals surface area contributed by atoms with Crippen LogP contribution < -0.4 is 10.5 Å². The van der Waals surface area contributed by atoms with Gasteiger partial charge in [0.05, 0.1) is 7.11 Å². The Morgan fingerprint density at radius 2 is 1.92 bits per heavy atom. The molecule has 1 aromatic carbocycles. The van der Waals surface area contributed by atoms with Crippen molar-refractivity contribution in [2.45, 2.75) is 0 Å². The summed E-state index contributed by atoms with van der Waals surface area (Å²) in [7, 11) is 1.07. The monoisotopic (exact) mass is 209 g/mol. The van der Waals surface area contributed by atoms with Crippen molar-refractivity contribution in [1.82, 2.24) is 0 Å². The molecule has 0 unspecified atom stereocenters. The fraction of sp³-hybridized carbons (Fsp3) is 0.143. The second kappa shape index (κ2) is 3.26. The van der Waals surface area contributed by atoms with Crippen LogP contribution in [-0.4, -0.2) is 12.2 Å². The van der Waals surface area contributed by atoms with E-state index in [-0.39, 0.29) is 0 Å². The van der Waals surface area contributed by atoms with Crippen LogP contribution in [0.3, 0.4) is 0 Å². The van der Waals surface area contributed by atoms with Gasteiger partial charge in [0.2, 0.25) is 11.6 Å². The zero-order valence-electron chi connectivity index (χ0n) is 6.57. The van der Waals surface area contributed by atoms with Crippen molar-refractivity contribution < 1.29 is 18.6 Å². The van der Waals surface area contributed by atoms with Gasteiger partial charge in [-0.2, -0.15) is 4.39 Å². The Bertz CT molecular complexity index is 328. The molecule has 0 amide bonds.